The second-order valence-corrected chi connectivity index (χ2v) is 9.00. The van der Waals surface area contributed by atoms with Gasteiger partial charge in [-0.3, -0.25) is 10.1 Å². The summed E-state index contributed by atoms with van der Waals surface area (Å²) >= 11 is 6.12. The average molecular weight is 423 g/mol. The molecule has 2 N–H and O–H groups in total. The van der Waals surface area contributed by atoms with Crippen LogP contribution >= 0.6 is 11.6 Å². The van der Waals surface area contributed by atoms with Gasteiger partial charge in [-0.15, -0.1) is 0 Å². The summed E-state index contributed by atoms with van der Waals surface area (Å²) in [5.74, 6) is 2.41. The molecule has 4 nitrogen and oxygen atoms in total. The van der Waals surface area contributed by atoms with Gasteiger partial charge in [0.1, 0.15) is 0 Å². The van der Waals surface area contributed by atoms with Gasteiger partial charge in [-0.1, -0.05) is 30.8 Å². The van der Waals surface area contributed by atoms with Crippen LogP contribution in [0.25, 0.3) is 11.8 Å². The lowest BCUT2D eigenvalue weighted by Crippen LogP contribution is -2.28. The number of hydrogen-bond acceptors (Lipinski definition) is 3. The first-order chi connectivity index (χ1) is 14.4. The van der Waals surface area contributed by atoms with E-state index in [1.54, 1.807) is 0 Å². The maximum Gasteiger partial charge on any atom is 0.152 e. The van der Waals surface area contributed by atoms with Crippen LogP contribution in [0.4, 0.5) is 0 Å². The Hall–Kier alpha value is -2.30. The molecule has 1 unspecified atom stereocenters. The van der Waals surface area contributed by atoms with Crippen molar-refractivity contribution in [2.24, 2.45) is 10.9 Å². The van der Waals surface area contributed by atoms with Crippen LogP contribution in [0.5, 0.6) is 0 Å². The largest absolute Gasteiger partial charge is 0.317 e. The standard InChI is InChI=1S/C19H18ClN3.C6H13N/c1-4-13-10-23-18(17(13)14-5-6-14)12(3)21-19(22-23)15-7-8-16(20)11(2)9-15;1-5(7-2)6-3-4-6/h4,7-10,14H,1,3,5-6H2,2H3,(H,21,22);5-7H,3-4H2,1-2H3. The van der Waals surface area contributed by atoms with Crippen molar-refractivity contribution in [1.29, 1.82) is 0 Å². The number of rotatable bonds is 5. The summed E-state index contributed by atoms with van der Waals surface area (Å²) in [4.78, 5) is 4.70. The molecule has 0 bridgehead atoms. The molecular formula is C25H31ClN4. The van der Waals surface area contributed by atoms with Gasteiger partial charge in [-0.2, -0.15) is 0 Å². The van der Waals surface area contributed by atoms with E-state index in [1.165, 1.54) is 36.8 Å². The van der Waals surface area contributed by atoms with Crippen LogP contribution in [-0.2, 0) is 0 Å². The van der Waals surface area contributed by atoms with Crippen molar-refractivity contribution in [2.75, 3.05) is 12.5 Å². The lowest BCUT2D eigenvalue weighted by molar-refractivity contribution is 0.546. The van der Waals surface area contributed by atoms with Gasteiger partial charge < -0.3 is 5.32 Å². The lowest BCUT2D eigenvalue weighted by atomic mass is 10.0. The zero-order chi connectivity index (χ0) is 21.4. The number of benzene rings is 1. The van der Waals surface area contributed by atoms with Crippen molar-refractivity contribution in [2.45, 2.75) is 51.5 Å². The van der Waals surface area contributed by atoms with Gasteiger partial charge >= 0.3 is 0 Å². The molecule has 5 rings (SSSR count). The van der Waals surface area contributed by atoms with Gasteiger partial charge in [0.25, 0.3) is 0 Å². The lowest BCUT2D eigenvalue weighted by Gasteiger charge is -2.21. The third kappa shape index (κ3) is 4.26. The predicted molar refractivity (Wildman–Crippen MR) is 129 cm³/mol. The molecule has 1 aromatic heterocycles. The smallest absolute Gasteiger partial charge is 0.152 e. The minimum absolute atomic E-state index is 0.618. The number of halogens is 1. The first-order valence-corrected chi connectivity index (χ1v) is 11.2. The van der Waals surface area contributed by atoms with E-state index in [4.69, 9.17) is 16.6 Å². The molecule has 2 heterocycles. The van der Waals surface area contributed by atoms with Crippen LogP contribution in [0.15, 0.2) is 42.5 Å². The molecule has 0 amide bonds. The second-order valence-electron chi connectivity index (χ2n) is 8.59. The van der Waals surface area contributed by atoms with Crippen LogP contribution in [0.2, 0.25) is 5.02 Å². The van der Waals surface area contributed by atoms with Gasteiger partial charge in [0.15, 0.2) is 5.84 Å². The summed E-state index contributed by atoms with van der Waals surface area (Å²) in [6.45, 7) is 12.4. The predicted octanol–water partition coefficient (Wildman–Crippen LogP) is 5.95. The van der Waals surface area contributed by atoms with Crippen molar-refractivity contribution in [3.63, 3.8) is 0 Å². The van der Waals surface area contributed by atoms with Crippen LogP contribution in [0.3, 0.4) is 0 Å². The van der Waals surface area contributed by atoms with E-state index in [9.17, 15) is 0 Å². The number of nitrogens with zero attached hydrogens (tertiary/aromatic N) is 2. The summed E-state index contributed by atoms with van der Waals surface area (Å²) in [6, 6.07) is 6.67. The number of aliphatic imine (C=N–C) groups is 1. The SMILES string of the molecule is C=Cc1cn2c(c1C1CC1)C(=C)N=C(c1ccc(Cl)c(C)c1)N2.CNC(C)C1CC1. The summed E-state index contributed by atoms with van der Waals surface area (Å²) in [6.07, 6.45) is 9.36. The fraction of sp³-hybridized carbons (Fsp3) is 0.400. The van der Waals surface area contributed by atoms with Crippen LogP contribution in [0.1, 0.15) is 66.5 Å². The maximum absolute atomic E-state index is 6.12. The highest BCUT2D eigenvalue weighted by Crippen LogP contribution is 2.46. The van der Waals surface area contributed by atoms with Crippen LogP contribution < -0.4 is 10.7 Å². The summed E-state index contributed by atoms with van der Waals surface area (Å²) in [5.41, 5.74) is 9.78. The zero-order valence-corrected chi connectivity index (χ0v) is 18.9. The maximum atomic E-state index is 6.12. The van der Waals surface area contributed by atoms with Gasteiger partial charge in [-0.25, -0.2) is 4.99 Å². The molecule has 0 radical (unpaired) electrons. The number of fused-ring (bicyclic) bond motifs is 1. The molecule has 2 saturated carbocycles. The van der Waals surface area contributed by atoms with Crippen LogP contribution in [-0.4, -0.2) is 23.6 Å². The van der Waals surface area contributed by atoms with E-state index in [0.717, 1.165) is 45.3 Å². The minimum atomic E-state index is 0.618. The van der Waals surface area contributed by atoms with Gasteiger partial charge in [0.05, 0.1) is 11.4 Å². The van der Waals surface area contributed by atoms with E-state index in [2.05, 4.69) is 37.0 Å². The van der Waals surface area contributed by atoms with E-state index in [-0.39, 0.29) is 0 Å². The molecule has 1 aliphatic heterocycles. The average Bonchev–Trinajstić information content (AvgIpc) is 3.66. The zero-order valence-electron chi connectivity index (χ0n) is 18.1. The molecule has 158 valence electrons. The Morgan fingerprint density at radius 1 is 1.30 bits per heavy atom. The molecule has 0 saturated heterocycles. The molecule has 30 heavy (non-hydrogen) atoms. The van der Waals surface area contributed by atoms with Crippen molar-refractivity contribution >= 4 is 29.2 Å². The van der Waals surface area contributed by atoms with Gasteiger partial charge in [-0.05, 0) is 93.3 Å². The molecule has 0 spiro atoms. The third-order valence-electron chi connectivity index (χ3n) is 6.24. The van der Waals surface area contributed by atoms with Crippen molar-refractivity contribution < 1.29 is 0 Å². The topological polar surface area (TPSA) is 41.4 Å². The Kier molecular flexibility index (Phi) is 5.90. The molecular weight excluding hydrogens is 392 g/mol. The normalized spacial score (nSPS) is 18.5. The summed E-state index contributed by atoms with van der Waals surface area (Å²) in [5, 5.41) is 3.99. The molecule has 2 aromatic rings. The van der Waals surface area contributed by atoms with E-state index in [0.29, 0.717) is 5.92 Å². The van der Waals surface area contributed by atoms with Gasteiger partial charge in [0, 0.05) is 22.8 Å². The Morgan fingerprint density at radius 3 is 2.57 bits per heavy atom. The highest BCUT2D eigenvalue weighted by molar-refractivity contribution is 6.31. The highest BCUT2D eigenvalue weighted by Gasteiger charge is 2.33. The van der Waals surface area contributed by atoms with E-state index >= 15 is 0 Å². The highest BCUT2D eigenvalue weighted by atomic mass is 35.5. The number of aryl methyl sites for hydroxylation is 1. The molecule has 1 aromatic carbocycles. The van der Waals surface area contributed by atoms with Crippen molar-refractivity contribution in [1.82, 2.24) is 9.99 Å². The Balaban J connectivity index is 0.000000265. The third-order valence-corrected chi connectivity index (χ3v) is 6.67. The first-order valence-electron chi connectivity index (χ1n) is 10.8. The Bertz CT molecular complexity index is 1010. The second kappa shape index (κ2) is 8.44. The van der Waals surface area contributed by atoms with E-state index < -0.39 is 0 Å². The van der Waals surface area contributed by atoms with Gasteiger partial charge in [0.2, 0.25) is 0 Å². The summed E-state index contributed by atoms with van der Waals surface area (Å²) < 4.78 is 2.03. The Labute approximate surface area is 184 Å². The minimum Gasteiger partial charge on any atom is -0.317 e. The van der Waals surface area contributed by atoms with Crippen molar-refractivity contribution in [3.05, 3.63) is 70.5 Å². The molecule has 2 fully saturated rings. The Morgan fingerprint density at radius 2 is 2.03 bits per heavy atom. The molecule has 1 atom stereocenters. The number of aromatic nitrogens is 1. The summed E-state index contributed by atoms with van der Waals surface area (Å²) in [7, 11) is 2.03. The molecule has 3 aliphatic rings. The quantitative estimate of drug-likeness (QED) is 0.625. The van der Waals surface area contributed by atoms with Crippen LogP contribution in [0, 0.1) is 12.8 Å². The monoisotopic (exact) mass is 422 g/mol. The number of nitrogens with one attached hydrogen (secondary N) is 2. The number of hydrogen-bond donors (Lipinski definition) is 2. The molecule has 2 aliphatic carbocycles. The fourth-order valence-corrected chi connectivity index (χ4v) is 4.08. The molecule has 5 heteroatoms. The van der Waals surface area contributed by atoms with E-state index in [1.807, 2.05) is 42.9 Å². The number of amidine groups is 1. The van der Waals surface area contributed by atoms with Crippen molar-refractivity contribution in [3.8, 4) is 0 Å². The fourth-order valence-electron chi connectivity index (χ4n) is 3.97. The first kappa shape index (κ1) is 21.0.